The molecule has 0 aliphatic carbocycles. The normalized spacial score (nSPS) is 29.1. The van der Waals surface area contributed by atoms with Crippen LogP contribution in [0.5, 0.6) is 5.75 Å². The maximum atomic E-state index is 5.99. The minimum atomic E-state index is -0.855. The first kappa shape index (κ1) is 12.6. The highest BCUT2D eigenvalue weighted by Gasteiger charge is 2.36. The fourth-order valence-electron chi connectivity index (χ4n) is 1.81. The molecular weight excluding hydrogens is 242 g/mol. The molecule has 1 aromatic rings. The quantitative estimate of drug-likeness (QED) is 0.879. The van der Waals surface area contributed by atoms with E-state index in [9.17, 15) is 0 Å². The third-order valence-electron chi connectivity index (χ3n) is 2.80. The number of methoxy groups -OCH3 is 1. The number of rotatable bonds is 2. The molecule has 1 aliphatic heterocycles. The van der Waals surface area contributed by atoms with Crippen LogP contribution in [-0.2, 0) is 15.3 Å². The zero-order chi connectivity index (χ0) is 12.5. The van der Waals surface area contributed by atoms with E-state index in [1.54, 1.807) is 25.3 Å². The summed E-state index contributed by atoms with van der Waals surface area (Å²) in [5.41, 5.74) is 6.50. The van der Waals surface area contributed by atoms with Crippen LogP contribution in [0.4, 0.5) is 0 Å². The molecule has 0 saturated carbocycles. The average molecular weight is 258 g/mol. The summed E-state index contributed by atoms with van der Waals surface area (Å²) in [5, 5.41) is 0.615. The molecule has 1 heterocycles. The van der Waals surface area contributed by atoms with Gasteiger partial charge < -0.3 is 19.9 Å². The summed E-state index contributed by atoms with van der Waals surface area (Å²) >= 11 is 5.99. The van der Waals surface area contributed by atoms with Crippen LogP contribution in [0.3, 0.4) is 0 Å². The molecule has 17 heavy (non-hydrogen) atoms. The van der Waals surface area contributed by atoms with Gasteiger partial charge in [-0.3, -0.25) is 0 Å². The largest absolute Gasteiger partial charge is 0.496 e. The van der Waals surface area contributed by atoms with Crippen molar-refractivity contribution in [1.82, 2.24) is 0 Å². The number of hydrogen-bond acceptors (Lipinski definition) is 4. The van der Waals surface area contributed by atoms with Crippen molar-refractivity contribution in [1.29, 1.82) is 0 Å². The molecule has 0 atom stereocenters. The molecule has 0 aromatic heterocycles. The van der Waals surface area contributed by atoms with E-state index < -0.39 is 5.79 Å². The molecule has 4 nitrogen and oxygen atoms in total. The van der Waals surface area contributed by atoms with Gasteiger partial charge >= 0.3 is 0 Å². The van der Waals surface area contributed by atoms with E-state index in [-0.39, 0.29) is 6.04 Å². The predicted octanol–water partition coefficient (Wildman–Crippen LogP) is 1.90. The summed E-state index contributed by atoms with van der Waals surface area (Å²) in [6.45, 7) is 2.74. The first-order chi connectivity index (χ1) is 8.05. The molecule has 0 bridgehead atoms. The van der Waals surface area contributed by atoms with Gasteiger partial charge in [-0.15, -0.1) is 0 Å². The maximum Gasteiger partial charge on any atom is 0.195 e. The lowest BCUT2D eigenvalue weighted by Gasteiger charge is -2.37. The van der Waals surface area contributed by atoms with E-state index in [1.165, 1.54) is 0 Å². The van der Waals surface area contributed by atoms with Crippen molar-refractivity contribution in [3.63, 3.8) is 0 Å². The smallest absolute Gasteiger partial charge is 0.195 e. The van der Waals surface area contributed by atoms with E-state index in [0.29, 0.717) is 24.0 Å². The molecule has 94 valence electrons. The molecule has 1 aromatic carbocycles. The second-order valence-corrected chi connectivity index (χ2v) is 4.61. The lowest BCUT2D eigenvalue weighted by atomic mass is 10.0. The Balaban J connectivity index is 2.34. The summed E-state index contributed by atoms with van der Waals surface area (Å²) in [5.74, 6) is -0.168. The van der Waals surface area contributed by atoms with E-state index in [0.717, 1.165) is 5.56 Å². The molecule has 2 N–H and O–H groups in total. The van der Waals surface area contributed by atoms with Gasteiger partial charge in [0.1, 0.15) is 5.75 Å². The molecule has 1 aliphatic rings. The Morgan fingerprint density at radius 3 is 2.65 bits per heavy atom. The molecule has 2 rings (SSSR count). The Kier molecular flexibility index (Phi) is 3.58. The van der Waals surface area contributed by atoms with Gasteiger partial charge in [0.05, 0.1) is 31.9 Å². The number of ether oxygens (including phenoxy) is 3. The van der Waals surface area contributed by atoms with Gasteiger partial charge in [-0.2, -0.15) is 0 Å². The maximum absolute atomic E-state index is 5.99. The molecular formula is C12H16ClNO3. The van der Waals surface area contributed by atoms with Gasteiger partial charge in [-0.25, -0.2) is 0 Å². The number of nitrogens with two attached hydrogens (primary N) is 1. The Bertz CT molecular complexity index is 403. The average Bonchev–Trinajstić information content (AvgIpc) is 2.33. The van der Waals surface area contributed by atoms with Crippen molar-refractivity contribution in [2.24, 2.45) is 5.73 Å². The zero-order valence-electron chi connectivity index (χ0n) is 9.90. The fourth-order valence-corrected chi connectivity index (χ4v) is 1.98. The minimum Gasteiger partial charge on any atom is -0.496 e. The Labute approximate surface area is 106 Å². The van der Waals surface area contributed by atoms with Crippen molar-refractivity contribution >= 4 is 11.6 Å². The lowest BCUT2D eigenvalue weighted by Crippen LogP contribution is -2.46. The standard InChI is InChI=1S/C12H16ClNO3/c1-12(16-6-9(14)7-17-12)10-5-8(13)3-4-11(10)15-2/h3-5,9H,6-7,14H2,1-2H3. The molecule has 0 unspecified atom stereocenters. The van der Waals surface area contributed by atoms with Crippen molar-refractivity contribution in [2.45, 2.75) is 18.8 Å². The summed E-state index contributed by atoms with van der Waals surface area (Å²) < 4.78 is 16.6. The van der Waals surface area contributed by atoms with Crippen LogP contribution in [0, 0.1) is 0 Å². The second-order valence-electron chi connectivity index (χ2n) is 4.17. The Morgan fingerprint density at radius 2 is 2.06 bits per heavy atom. The topological polar surface area (TPSA) is 53.7 Å². The minimum absolute atomic E-state index is 0.0896. The predicted molar refractivity (Wildman–Crippen MR) is 65.2 cm³/mol. The van der Waals surface area contributed by atoms with Crippen LogP contribution in [0.25, 0.3) is 0 Å². The first-order valence-corrected chi connectivity index (χ1v) is 5.80. The summed E-state index contributed by atoms with van der Waals surface area (Å²) in [6.07, 6.45) is 0. The fraction of sp³-hybridized carbons (Fsp3) is 0.500. The van der Waals surface area contributed by atoms with E-state index >= 15 is 0 Å². The van der Waals surface area contributed by atoms with E-state index in [4.69, 9.17) is 31.5 Å². The highest BCUT2D eigenvalue weighted by Crippen LogP contribution is 2.37. The third-order valence-corrected chi connectivity index (χ3v) is 3.03. The SMILES string of the molecule is COc1ccc(Cl)cc1C1(C)OCC(N)CO1. The van der Waals surface area contributed by atoms with Crippen molar-refractivity contribution in [3.05, 3.63) is 28.8 Å². The van der Waals surface area contributed by atoms with Crippen molar-refractivity contribution in [2.75, 3.05) is 20.3 Å². The highest BCUT2D eigenvalue weighted by molar-refractivity contribution is 6.30. The number of hydrogen-bond donors (Lipinski definition) is 1. The van der Waals surface area contributed by atoms with Crippen LogP contribution in [0.2, 0.25) is 5.02 Å². The van der Waals surface area contributed by atoms with Gasteiger partial charge in [0, 0.05) is 5.02 Å². The molecule has 0 spiro atoms. The van der Waals surface area contributed by atoms with Crippen LogP contribution in [-0.4, -0.2) is 26.4 Å². The monoisotopic (exact) mass is 257 g/mol. The van der Waals surface area contributed by atoms with Crippen LogP contribution in [0.15, 0.2) is 18.2 Å². The van der Waals surface area contributed by atoms with Crippen LogP contribution < -0.4 is 10.5 Å². The van der Waals surface area contributed by atoms with Crippen molar-refractivity contribution < 1.29 is 14.2 Å². The van der Waals surface area contributed by atoms with Crippen LogP contribution >= 0.6 is 11.6 Å². The summed E-state index contributed by atoms with van der Waals surface area (Å²) in [7, 11) is 1.60. The lowest BCUT2D eigenvalue weighted by molar-refractivity contribution is -0.270. The Morgan fingerprint density at radius 1 is 1.41 bits per heavy atom. The number of benzene rings is 1. The third kappa shape index (κ3) is 2.55. The molecule has 0 amide bonds. The Hall–Kier alpha value is -0.810. The van der Waals surface area contributed by atoms with Gasteiger partial charge in [0.25, 0.3) is 0 Å². The van der Waals surface area contributed by atoms with Gasteiger partial charge in [-0.1, -0.05) is 11.6 Å². The second kappa shape index (κ2) is 4.82. The molecule has 0 radical (unpaired) electrons. The summed E-state index contributed by atoms with van der Waals surface area (Å²) in [6, 6.07) is 5.26. The summed E-state index contributed by atoms with van der Waals surface area (Å²) in [4.78, 5) is 0. The molecule has 1 fully saturated rings. The first-order valence-electron chi connectivity index (χ1n) is 5.42. The van der Waals surface area contributed by atoms with E-state index in [1.807, 2.05) is 6.92 Å². The van der Waals surface area contributed by atoms with Crippen molar-refractivity contribution in [3.8, 4) is 5.75 Å². The van der Waals surface area contributed by atoms with Crippen LogP contribution in [0.1, 0.15) is 12.5 Å². The molecule has 5 heteroatoms. The highest BCUT2D eigenvalue weighted by atomic mass is 35.5. The van der Waals surface area contributed by atoms with E-state index in [2.05, 4.69) is 0 Å². The zero-order valence-corrected chi connectivity index (χ0v) is 10.7. The van der Waals surface area contributed by atoms with Gasteiger partial charge in [0.2, 0.25) is 0 Å². The van der Waals surface area contributed by atoms with Gasteiger partial charge in [-0.05, 0) is 25.1 Å². The van der Waals surface area contributed by atoms with Gasteiger partial charge in [0.15, 0.2) is 5.79 Å². The number of halogens is 1. The molecule has 1 saturated heterocycles.